The van der Waals surface area contributed by atoms with E-state index in [9.17, 15) is 18.4 Å². The van der Waals surface area contributed by atoms with Gasteiger partial charge in [0.05, 0.1) is 17.0 Å². The molecule has 0 aliphatic rings. The molecule has 3 rings (SSSR count). The molecule has 0 fully saturated rings. The van der Waals surface area contributed by atoms with Crippen LogP contribution in [0.1, 0.15) is 23.1 Å². The molecule has 0 atom stereocenters. The third-order valence-electron chi connectivity index (χ3n) is 4.34. The summed E-state index contributed by atoms with van der Waals surface area (Å²) in [6.07, 6.45) is 0.392. The maximum atomic E-state index is 13.7. The Morgan fingerprint density at radius 1 is 1.03 bits per heavy atom. The second kappa shape index (κ2) is 10.7. The molecule has 0 bridgehead atoms. The summed E-state index contributed by atoms with van der Waals surface area (Å²) < 4.78 is 29.2. The Balaban J connectivity index is 1.53. The summed E-state index contributed by atoms with van der Waals surface area (Å²) >= 11 is 1.18. The minimum atomic E-state index is -0.580. The van der Waals surface area contributed by atoms with Crippen molar-refractivity contribution in [3.8, 4) is 0 Å². The average Bonchev–Trinajstić information content (AvgIpc) is 3.16. The van der Waals surface area contributed by atoms with E-state index in [1.165, 1.54) is 42.1 Å². The predicted molar refractivity (Wildman–Crippen MR) is 114 cm³/mol. The number of carbonyl (C=O) groups is 2. The maximum absolute atomic E-state index is 13.7. The molecule has 31 heavy (non-hydrogen) atoms. The lowest BCUT2D eigenvalue weighted by atomic mass is 10.2. The molecule has 0 radical (unpaired) electrons. The normalized spacial score (nSPS) is 10.7. The van der Waals surface area contributed by atoms with Gasteiger partial charge in [0.1, 0.15) is 17.5 Å². The summed E-state index contributed by atoms with van der Waals surface area (Å²) in [5.41, 5.74) is 0.105. The highest BCUT2D eigenvalue weighted by Gasteiger charge is 2.15. The van der Waals surface area contributed by atoms with Crippen LogP contribution >= 0.6 is 11.8 Å². The number of rotatable bonds is 9. The van der Waals surface area contributed by atoms with Crippen molar-refractivity contribution < 1.29 is 18.4 Å². The standard InChI is InChI=1S/C21H21F2N5O2S/c1-2-28-18(11-12-24-20(30)14-7-3-4-8-15(14)22)26-27-21(28)31-13-19(29)25-17-10-6-5-9-16(17)23/h3-10H,2,11-13H2,1H3,(H,24,30)(H,25,29). The van der Waals surface area contributed by atoms with E-state index in [0.717, 1.165) is 0 Å². The first-order valence-electron chi connectivity index (χ1n) is 9.61. The smallest absolute Gasteiger partial charge is 0.254 e. The molecule has 2 aromatic carbocycles. The van der Waals surface area contributed by atoms with Gasteiger partial charge in [-0.1, -0.05) is 36.0 Å². The van der Waals surface area contributed by atoms with E-state index in [4.69, 9.17) is 0 Å². The first kappa shape index (κ1) is 22.4. The first-order valence-corrected chi connectivity index (χ1v) is 10.6. The van der Waals surface area contributed by atoms with Crippen molar-refractivity contribution in [2.75, 3.05) is 17.6 Å². The highest BCUT2D eigenvalue weighted by atomic mass is 32.2. The number of aromatic nitrogens is 3. The zero-order chi connectivity index (χ0) is 22.2. The Labute approximate surface area is 182 Å². The van der Waals surface area contributed by atoms with E-state index >= 15 is 0 Å². The number of anilines is 1. The van der Waals surface area contributed by atoms with Crippen molar-refractivity contribution in [1.29, 1.82) is 0 Å². The Kier molecular flexibility index (Phi) is 7.71. The lowest BCUT2D eigenvalue weighted by Crippen LogP contribution is -2.27. The van der Waals surface area contributed by atoms with Crippen molar-refractivity contribution in [3.63, 3.8) is 0 Å². The van der Waals surface area contributed by atoms with Gasteiger partial charge in [0.25, 0.3) is 5.91 Å². The van der Waals surface area contributed by atoms with E-state index in [2.05, 4.69) is 20.8 Å². The van der Waals surface area contributed by atoms with E-state index in [-0.39, 0.29) is 29.5 Å². The van der Waals surface area contributed by atoms with Crippen LogP contribution in [-0.4, -0.2) is 38.9 Å². The van der Waals surface area contributed by atoms with Gasteiger partial charge in [-0.05, 0) is 31.2 Å². The van der Waals surface area contributed by atoms with Crippen LogP contribution in [-0.2, 0) is 17.8 Å². The van der Waals surface area contributed by atoms with Crippen molar-refractivity contribution in [1.82, 2.24) is 20.1 Å². The van der Waals surface area contributed by atoms with Crippen LogP contribution in [0.2, 0.25) is 0 Å². The van der Waals surface area contributed by atoms with E-state index < -0.39 is 17.5 Å². The summed E-state index contributed by atoms with van der Waals surface area (Å²) in [5.74, 6) is -1.27. The van der Waals surface area contributed by atoms with Crippen LogP contribution in [0.4, 0.5) is 14.5 Å². The van der Waals surface area contributed by atoms with Crippen molar-refractivity contribution in [2.24, 2.45) is 0 Å². The number of thioether (sulfide) groups is 1. The van der Waals surface area contributed by atoms with Crippen LogP contribution < -0.4 is 10.6 Å². The molecule has 0 aliphatic heterocycles. The van der Waals surface area contributed by atoms with E-state index in [1.54, 1.807) is 18.2 Å². The van der Waals surface area contributed by atoms with Gasteiger partial charge in [-0.25, -0.2) is 8.78 Å². The Morgan fingerprint density at radius 3 is 2.45 bits per heavy atom. The molecular weight excluding hydrogens is 424 g/mol. The van der Waals surface area contributed by atoms with Gasteiger partial charge >= 0.3 is 0 Å². The first-order chi connectivity index (χ1) is 15.0. The number of para-hydroxylation sites is 1. The van der Waals surface area contributed by atoms with Gasteiger partial charge in [-0.15, -0.1) is 10.2 Å². The second-order valence-electron chi connectivity index (χ2n) is 6.45. The van der Waals surface area contributed by atoms with Crippen molar-refractivity contribution in [2.45, 2.75) is 25.0 Å². The zero-order valence-electron chi connectivity index (χ0n) is 16.8. The maximum Gasteiger partial charge on any atom is 0.254 e. The molecule has 0 unspecified atom stereocenters. The molecule has 2 N–H and O–H groups in total. The molecule has 1 heterocycles. The molecule has 3 aromatic rings. The number of hydrogen-bond acceptors (Lipinski definition) is 5. The topological polar surface area (TPSA) is 88.9 Å². The monoisotopic (exact) mass is 445 g/mol. The van der Waals surface area contributed by atoms with Gasteiger partial charge < -0.3 is 15.2 Å². The fourth-order valence-electron chi connectivity index (χ4n) is 2.84. The van der Waals surface area contributed by atoms with Gasteiger partial charge in [-0.2, -0.15) is 0 Å². The summed E-state index contributed by atoms with van der Waals surface area (Å²) in [6, 6.07) is 11.7. The Hall–Kier alpha value is -3.27. The largest absolute Gasteiger partial charge is 0.351 e. The number of nitrogens with one attached hydrogen (secondary N) is 2. The zero-order valence-corrected chi connectivity index (χ0v) is 17.6. The Morgan fingerprint density at radius 2 is 1.74 bits per heavy atom. The molecule has 1 aromatic heterocycles. The van der Waals surface area contributed by atoms with Crippen molar-refractivity contribution >= 4 is 29.3 Å². The van der Waals surface area contributed by atoms with Crippen molar-refractivity contribution in [3.05, 3.63) is 71.6 Å². The minimum absolute atomic E-state index is 0.0171. The molecule has 7 nitrogen and oxygen atoms in total. The quantitative estimate of drug-likeness (QED) is 0.494. The average molecular weight is 445 g/mol. The molecule has 0 saturated carbocycles. The number of amides is 2. The van der Waals surface area contributed by atoms with Crippen LogP contribution in [0.5, 0.6) is 0 Å². The number of hydrogen-bond donors (Lipinski definition) is 2. The molecular formula is C21H21F2N5O2S. The summed E-state index contributed by atoms with van der Waals surface area (Å²) in [7, 11) is 0. The molecule has 0 aliphatic carbocycles. The summed E-state index contributed by atoms with van der Waals surface area (Å²) in [5, 5.41) is 14.0. The van der Waals surface area contributed by atoms with E-state index in [0.29, 0.717) is 23.9 Å². The lowest BCUT2D eigenvalue weighted by molar-refractivity contribution is -0.113. The fraction of sp³-hybridized carbons (Fsp3) is 0.238. The number of carbonyl (C=O) groups excluding carboxylic acids is 2. The minimum Gasteiger partial charge on any atom is -0.351 e. The third-order valence-corrected chi connectivity index (χ3v) is 5.31. The fourth-order valence-corrected chi connectivity index (χ4v) is 3.66. The predicted octanol–water partition coefficient (Wildman–Crippen LogP) is 3.28. The van der Waals surface area contributed by atoms with E-state index in [1.807, 2.05) is 11.5 Å². The van der Waals surface area contributed by atoms with Gasteiger partial charge in [0.2, 0.25) is 5.91 Å². The molecule has 162 valence electrons. The Bertz CT molecular complexity index is 1070. The summed E-state index contributed by atoms with van der Waals surface area (Å²) in [4.78, 5) is 24.2. The highest BCUT2D eigenvalue weighted by Crippen LogP contribution is 2.19. The summed E-state index contributed by atoms with van der Waals surface area (Å²) in [6.45, 7) is 2.73. The molecule has 0 spiro atoms. The number of halogens is 2. The van der Waals surface area contributed by atoms with Gasteiger partial charge in [-0.3, -0.25) is 9.59 Å². The third kappa shape index (κ3) is 5.88. The lowest BCUT2D eigenvalue weighted by Gasteiger charge is -2.09. The number of nitrogens with zero attached hydrogens (tertiary/aromatic N) is 3. The van der Waals surface area contributed by atoms with Crippen LogP contribution in [0.15, 0.2) is 53.7 Å². The highest BCUT2D eigenvalue weighted by molar-refractivity contribution is 7.99. The molecule has 2 amide bonds. The van der Waals surface area contributed by atoms with Crippen LogP contribution in [0.3, 0.4) is 0 Å². The second-order valence-corrected chi connectivity index (χ2v) is 7.39. The number of benzene rings is 2. The molecule has 0 saturated heterocycles. The molecule has 10 heteroatoms. The van der Waals surface area contributed by atoms with Gasteiger partial charge in [0, 0.05) is 19.5 Å². The van der Waals surface area contributed by atoms with Gasteiger partial charge in [0.15, 0.2) is 5.16 Å². The SMILES string of the molecule is CCn1c(CCNC(=O)c2ccccc2F)nnc1SCC(=O)Nc1ccccc1F. The van der Waals surface area contributed by atoms with Crippen LogP contribution in [0, 0.1) is 11.6 Å². The van der Waals surface area contributed by atoms with Crippen LogP contribution in [0.25, 0.3) is 0 Å².